The van der Waals surface area contributed by atoms with Crippen LogP contribution in [0.3, 0.4) is 0 Å². The average molecular weight is 262 g/mol. The summed E-state index contributed by atoms with van der Waals surface area (Å²) in [4.78, 5) is 22.9. The monoisotopic (exact) mass is 262 g/mol. The van der Waals surface area contributed by atoms with Gasteiger partial charge in [0.2, 0.25) is 0 Å². The summed E-state index contributed by atoms with van der Waals surface area (Å²) in [7, 11) is 0. The molecule has 0 spiro atoms. The number of aryl methyl sites for hydroxylation is 1. The lowest BCUT2D eigenvalue weighted by atomic mass is 10.1. The Morgan fingerprint density at radius 2 is 2.05 bits per heavy atom. The zero-order valence-electron chi connectivity index (χ0n) is 10.8. The number of para-hydroxylation sites is 1. The van der Waals surface area contributed by atoms with Crippen molar-refractivity contribution in [3.8, 4) is 0 Å². The van der Waals surface area contributed by atoms with Gasteiger partial charge in [0, 0.05) is 5.69 Å². The molecule has 0 heterocycles. The van der Waals surface area contributed by atoms with Gasteiger partial charge < -0.3 is 15.7 Å². The first-order valence-corrected chi connectivity index (χ1v) is 6.50. The molecule has 1 aromatic rings. The Hall–Kier alpha value is -2.04. The van der Waals surface area contributed by atoms with Crippen molar-refractivity contribution in [3.63, 3.8) is 0 Å². The number of anilines is 1. The Balaban J connectivity index is 1.98. The average Bonchev–Trinajstić information content (AvgIpc) is 3.20. The molecule has 3 N–H and O–H groups in total. The Labute approximate surface area is 112 Å². The molecule has 0 saturated heterocycles. The summed E-state index contributed by atoms with van der Waals surface area (Å²) in [6, 6.07) is 6.25. The van der Waals surface area contributed by atoms with E-state index in [9.17, 15) is 9.59 Å². The minimum Gasteiger partial charge on any atom is -0.480 e. The van der Waals surface area contributed by atoms with Gasteiger partial charge in [0.15, 0.2) is 0 Å². The molecule has 1 aliphatic rings. The Bertz CT molecular complexity index is 483. The van der Waals surface area contributed by atoms with Crippen LogP contribution in [0.4, 0.5) is 10.5 Å². The number of aliphatic carboxylic acids is 1. The highest BCUT2D eigenvalue weighted by Gasteiger charge is 2.37. The first kappa shape index (κ1) is 13.4. The topological polar surface area (TPSA) is 78.4 Å². The lowest BCUT2D eigenvalue weighted by Gasteiger charge is -2.15. The maximum absolute atomic E-state index is 11.8. The number of rotatable bonds is 5. The van der Waals surface area contributed by atoms with E-state index in [1.807, 2.05) is 31.2 Å². The molecule has 1 saturated carbocycles. The van der Waals surface area contributed by atoms with Gasteiger partial charge in [0.25, 0.3) is 0 Å². The minimum absolute atomic E-state index is 0.0738. The SMILES string of the molecule is CCc1ccccc1NC(=O)NC(C(=O)O)C1CC1. The maximum atomic E-state index is 11.8. The standard InChI is InChI=1S/C14H18N2O3/c1-2-9-5-3-4-6-11(9)15-14(19)16-12(13(17)18)10-7-8-10/h3-6,10,12H,2,7-8H2,1H3,(H,17,18)(H2,15,16,19). The van der Waals surface area contributed by atoms with E-state index >= 15 is 0 Å². The van der Waals surface area contributed by atoms with Gasteiger partial charge in [-0.15, -0.1) is 0 Å². The summed E-state index contributed by atoms with van der Waals surface area (Å²) in [6.07, 6.45) is 2.53. The van der Waals surface area contributed by atoms with Crippen LogP contribution in [0.2, 0.25) is 0 Å². The van der Waals surface area contributed by atoms with E-state index in [-0.39, 0.29) is 5.92 Å². The fraction of sp³-hybridized carbons (Fsp3) is 0.429. The summed E-state index contributed by atoms with van der Waals surface area (Å²) in [5, 5.41) is 14.3. The molecule has 19 heavy (non-hydrogen) atoms. The van der Waals surface area contributed by atoms with Gasteiger partial charge >= 0.3 is 12.0 Å². The van der Waals surface area contributed by atoms with E-state index in [4.69, 9.17) is 5.11 Å². The molecule has 0 radical (unpaired) electrons. The van der Waals surface area contributed by atoms with Crippen LogP contribution in [0.5, 0.6) is 0 Å². The third-order valence-electron chi connectivity index (χ3n) is 3.29. The second-order valence-electron chi connectivity index (χ2n) is 4.76. The second kappa shape index (κ2) is 5.73. The largest absolute Gasteiger partial charge is 0.480 e. The molecule has 102 valence electrons. The fourth-order valence-electron chi connectivity index (χ4n) is 2.06. The van der Waals surface area contributed by atoms with Crippen molar-refractivity contribution in [3.05, 3.63) is 29.8 Å². The van der Waals surface area contributed by atoms with Crippen molar-refractivity contribution in [1.82, 2.24) is 5.32 Å². The molecule has 2 amide bonds. The number of carboxylic acid groups (broad SMARTS) is 1. The maximum Gasteiger partial charge on any atom is 0.326 e. The zero-order chi connectivity index (χ0) is 13.8. The van der Waals surface area contributed by atoms with Gasteiger partial charge in [0.1, 0.15) is 6.04 Å². The number of hydrogen-bond acceptors (Lipinski definition) is 2. The molecule has 5 nitrogen and oxygen atoms in total. The van der Waals surface area contributed by atoms with Gasteiger partial charge in [-0.3, -0.25) is 0 Å². The molecule has 2 rings (SSSR count). The Kier molecular flexibility index (Phi) is 4.04. The minimum atomic E-state index is -0.971. The second-order valence-corrected chi connectivity index (χ2v) is 4.76. The lowest BCUT2D eigenvalue weighted by Crippen LogP contribution is -2.44. The van der Waals surface area contributed by atoms with Crippen LogP contribution in [0.1, 0.15) is 25.3 Å². The molecular formula is C14H18N2O3. The van der Waals surface area contributed by atoms with Crippen LogP contribution in [0, 0.1) is 5.92 Å². The van der Waals surface area contributed by atoms with Gasteiger partial charge in [-0.05, 0) is 36.8 Å². The quantitative estimate of drug-likeness (QED) is 0.761. The van der Waals surface area contributed by atoms with Crippen molar-refractivity contribution in [2.45, 2.75) is 32.2 Å². The van der Waals surface area contributed by atoms with E-state index in [0.29, 0.717) is 0 Å². The third kappa shape index (κ3) is 3.47. The van der Waals surface area contributed by atoms with E-state index in [2.05, 4.69) is 10.6 Å². The molecule has 1 aromatic carbocycles. The Morgan fingerprint density at radius 3 is 2.63 bits per heavy atom. The van der Waals surface area contributed by atoms with Crippen molar-refractivity contribution >= 4 is 17.7 Å². The van der Waals surface area contributed by atoms with E-state index in [1.165, 1.54) is 0 Å². The number of amides is 2. The number of nitrogens with one attached hydrogen (secondary N) is 2. The smallest absolute Gasteiger partial charge is 0.326 e. The molecule has 1 unspecified atom stereocenters. The molecule has 1 fully saturated rings. The van der Waals surface area contributed by atoms with E-state index < -0.39 is 18.0 Å². The van der Waals surface area contributed by atoms with Gasteiger partial charge in [-0.2, -0.15) is 0 Å². The number of carbonyl (C=O) groups excluding carboxylic acids is 1. The highest BCUT2D eigenvalue weighted by Crippen LogP contribution is 2.32. The van der Waals surface area contributed by atoms with E-state index in [1.54, 1.807) is 0 Å². The highest BCUT2D eigenvalue weighted by atomic mass is 16.4. The number of carboxylic acids is 1. The van der Waals surface area contributed by atoms with Crippen LogP contribution >= 0.6 is 0 Å². The van der Waals surface area contributed by atoms with Gasteiger partial charge in [0.05, 0.1) is 0 Å². The number of urea groups is 1. The van der Waals surface area contributed by atoms with Crippen molar-refractivity contribution < 1.29 is 14.7 Å². The normalized spacial score (nSPS) is 15.6. The molecule has 5 heteroatoms. The summed E-state index contributed by atoms with van der Waals surface area (Å²) < 4.78 is 0. The van der Waals surface area contributed by atoms with Crippen LogP contribution in [0.15, 0.2) is 24.3 Å². The zero-order valence-corrected chi connectivity index (χ0v) is 10.8. The van der Waals surface area contributed by atoms with Gasteiger partial charge in [-0.1, -0.05) is 25.1 Å². The van der Waals surface area contributed by atoms with Crippen molar-refractivity contribution in [2.75, 3.05) is 5.32 Å². The predicted molar refractivity (Wildman–Crippen MR) is 72.1 cm³/mol. The third-order valence-corrected chi connectivity index (χ3v) is 3.29. The summed E-state index contributed by atoms with van der Waals surface area (Å²) in [6.45, 7) is 2.00. The molecule has 0 bridgehead atoms. The first-order valence-electron chi connectivity index (χ1n) is 6.50. The highest BCUT2D eigenvalue weighted by molar-refractivity contribution is 5.93. The Morgan fingerprint density at radius 1 is 1.37 bits per heavy atom. The lowest BCUT2D eigenvalue weighted by molar-refractivity contribution is -0.139. The summed E-state index contributed by atoms with van der Waals surface area (Å²) >= 11 is 0. The molecule has 1 aliphatic carbocycles. The predicted octanol–water partition coefficient (Wildman–Crippen LogP) is 2.23. The summed E-state index contributed by atoms with van der Waals surface area (Å²) in [5.74, 6) is -0.897. The fourth-order valence-corrected chi connectivity index (χ4v) is 2.06. The first-order chi connectivity index (χ1) is 9.11. The van der Waals surface area contributed by atoms with Crippen molar-refractivity contribution in [1.29, 1.82) is 0 Å². The van der Waals surface area contributed by atoms with Crippen LogP contribution in [-0.2, 0) is 11.2 Å². The van der Waals surface area contributed by atoms with Gasteiger partial charge in [-0.25, -0.2) is 9.59 Å². The van der Waals surface area contributed by atoms with Crippen LogP contribution in [0.25, 0.3) is 0 Å². The summed E-state index contributed by atoms with van der Waals surface area (Å²) in [5.41, 5.74) is 1.75. The molecular weight excluding hydrogens is 244 g/mol. The van der Waals surface area contributed by atoms with Crippen molar-refractivity contribution in [2.24, 2.45) is 5.92 Å². The molecule has 0 aliphatic heterocycles. The van der Waals surface area contributed by atoms with E-state index in [0.717, 1.165) is 30.5 Å². The molecule has 1 atom stereocenters. The molecule has 0 aromatic heterocycles. The van der Waals surface area contributed by atoms with Crippen LogP contribution < -0.4 is 10.6 Å². The number of benzene rings is 1. The van der Waals surface area contributed by atoms with Crippen LogP contribution in [-0.4, -0.2) is 23.1 Å². The number of hydrogen-bond donors (Lipinski definition) is 3. The number of carbonyl (C=O) groups is 2.